The van der Waals surface area contributed by atoms with Crippen LogP contribution in [0.2, 0.25) is 0 Å². The van der Waals surface area contributed by atoms with Crippen molar-refractivity contribution in [2.75, 3.05) is 57.5 Å². The topological polar surface area (TPSA) is 42.0 Å². The quantitative estimate of drug-likeness (QED) is 0.825. The van der Waals surface area contributed by atoms with Crippen molar-refractivity contribution in [3.05, 3.63) is 30.3 Å². The zero-order chi connectivity index (χ0) is 17.1. The number of hydrogen-bond donors (Lipinski definition) is 0. The summed E-state index contributed by atoms with van der Waals surface area (Å²) in [6, 6.07) is 10.6. The van der Waals surface area contributed by atoms with Gasteiger partial charge >= 0.3 is 0 Å². The number of benzene rings is 1. The lowest BCUT2D eigenvalue weighted by Gasteiger charge is -2.44. The molecule has 3 saturated heterocycles. The van der Waals surface area contributed by atoms with E-state index >= 15 is 0 Å². The van der Waals surface area contributed by atoms with Gasteiger partial charge in [-0.15, -0.1) is 0 Å². The van der Waals surface area contributed by atoms with Crippen LogP contribution in [-0.2, 0) is 14.3 Å². The van der Waals surface area contributed by atoms with Gasteiger partial charge in [-0.1, -0.05) is 18.2 Å². The number of anilines is 1. The van der Waals surface area contributed by atoms with E-state index in [0.717, 1.165) is 65.3 Å². The Morgan fingerprint density at radius 3 is 2.76 bits per heavy atom. The number of carbonyl (C=O) groups excluding carboxylic acids is 1. The van der Waals surface area contributed by atoms with E-state index in [1.165, 1.54) is 5.69 Å². The molecule has 1 aromatic rings. The zero-order valence-corrected chi connectivity index (χ0v) is 14.9. The average molecular weight is 344 g/mol. The fourth-order valence-electron chi connectivity index (χ4n) is 4.48. The molecule has 1 amide bonds. The number of nitrogens with zero attached hydrogens (tertiary/aromatic N) is 2. The minimum atomic E-state index is 0.0414. The molecular formula is C20H28N2O3. The molecule has 25 heavy (non-hydrogen) atoms. The molecule has 136 valence electrons. The van der Waals surface area contributed by atoms with Gasteiger partial charge < -0.3 is 19.3 Å². The fourth-order valence-corrected chi connectivity index (χ4v) is 4.48. The number of hydrogen-bond acceptors (Lipinski definition) is 4. The lowest BCUT2D eigenvalue weighted by atomic mass is 9.79. The summed E-state index contributed by atoms with van der Waals surface area (Å²) >= 11 is 0. The molecule has 0 aromatic heterocycles. The van der Waals surface area contributed by atoms with E-state index in [-0.39, 0.29) is 17.2 Å². The first-order chi connectivity index (χ1) is 12.3. The maximum Gasteiger partial charge on any atom is 0.228 e. The second-order valence-corrected chi connectivity index (χ2v) is 7.73. The summed E-state index contributed by atoms with van der Waals surface area (Å²) in [5.41, 5.74) is 1.29. The Bertz CT molecular complexity index is 588. The Balaban J connectivity index is 1.49. The highest BCUT2D eigenvalue weighted by molar-refractivity contribution is 5.79. The zero-order valence-electron chi connectivity index (χ0n) is 14.9. The number of rotatable bonds is 2. The van der Waals surface area contributed by atoms with Crippen LogP contribution in [0.15, 0.2) is 30.3 Å². The first-order valence-electron chi connectivity index (χ1n) is 9.50. The molecule has 2 atom stereocenters. The summed E-state index contributed by atoms with van der Waals surface area (Å²) < 4.78 is 11.4. The molecule has 0 N–H and O–H groups in total. The van der Waals surface area contributed by atoms with Gasteiger partial charge in [0.2, 0.25) is 5.91 Å². The molecule has 3 heterocycles. The SMILES string of the molecule is O=C(C1CCOC1)N1CCCC2(COCCN(c3ccccc3)C2)C1. The second kappa shape index (κ2) is 7.34. The van der Waals surface area contributed by atoms with Gasteiger partial charge in [0.05, 0.1) is 25.7 Å². The smallest absolute Gasteiger partial charge is 0.228 e. The maximum absolute atomic E-state index is 12.9. The van der Waals surface area contributed by atoms with E-state index in [2.05, 4.69) is 40.1 Å². The van der Waals surface area contributed by atoms with Crippen molar-refractivity contribution in [2.24, 2.45) is 11.3 Å². The molecular weight excluding hydrogens is 316 g/mol. The van der Waals surface area contributed by atoms with Crippen LogP contribution in [-0.4, -0.2) is 63.4 Å². The molecule has 0 radical (unpaired) electrons. The van der Waals surface area contributed by atoms with E-state index in [1.807, 2.05) is 0 Å². The van der Waals surface area contributed by atoms with E-state index in [4.69, 9.17) is 9.47 Å². The number of ether oxygens (including phenoxy) is 2. The summed E-state index contributed by atoms with van der Waals surface area (Å²) in [5, 5.41) is 0. The van der Waals surface area contributed by atoms with Crippen molar-refractivity contribution in [1.29, 1.82) is 0 Å². The molecule has 0 saturated carbocycles. The lowest BCUT2D eigenvalue weighted by Crippen LogP contribution is -2.53. The Kier molecular flexibility index (Phi) is 4.95. The number of para-hydroxylation sites is 1. The normalized spacial score (nSPS) is 30.5. The van der Waals surface area contributed by atoms with Crippen LogP contribution in [0.3, 0.4) is 0 Å². The summed E-state index contributed by atoms with van der Waals surface area (Å²) in [4.78, 5) is 17.4. The molecule has 3 aliphatic rings. The average Bonchev–Trinajstić information content (AvgIpc) is 3.12. The standard InChI is InChI=1S/C20H28N2O3/c23-19(17-7-11-24-13-17)22-9-4-8-20(15-22)14-21(10-12-25-16-20)18-5-2-1-3-6-18/h1-3,5-6,17H,4,7-16H2. The van der Waals surface area contributed by atoms with E-state index in [9.17, 15) is 4.79 Å². The van der Waals surface area contributed by atoms with Crippen molar-refractivity contribution >= 4 is 11.6 Å². The number of likely N-dealkylation sites (tertiary alicyclic amines) is 1. The number of piperidine rings is 1. The van der Waals surface area contributed by atoms with E-state index < -0.39 is 0 Å². The van der Waals surface area contributed by atoms with Crippen molar-refractivity contribution in [2.45, 2.75) is 19.3 Å². The minimum Gasteiger partial charge on any atom is -0.381 e. The number of amides is 1. The van der Waals surface area contributed by atoms with Gasteiger partial charge in [0.15, 0.2) is 0 Å². The molecule has 1 spiro atoms. The molecule has 5 nitrogen and oxygen atoms in total. The molecule has 3 aliphatic heterocycles. The molecule has 0 aliphatic carbocycles. The molecule has 5 heteroatoms. The molecule has 2 unspecified atom stereocenters. The van der Waals surface area contributed by atoms with Gasteiger partial charge in [-0.25, -0.2) is 0 Å². The summed E-state index contributed by atoms with van der Waals surface area (Å²) in [5.74, 6) is 0.346. The van der Waals surface area contributed by atoms with Crippen molar-refractivity contribution < 1.29 is 14.3 Å². The second-order valence-electron chi connectivity index (χ2n) is 7.73. The molecule has 0 bridgehead atoms. The van der Waals surface area contributed by atoms with Crippen molar-refractivity contribution in [3.8, 4) is 0 Å². The molecule has 1 aromatic carbocycles. The van der Waals surface area contributed by atoms with Gasteiger partial charge in [-0.2, -0.15) is 0 Å². The number of carbonyl (C=O) groups is 1. The van der Waals surface area contributed by atoms with E-state index in [0.29, 0.717) is 6.61 Å². The summed E-state index contributed by atoms with van der Waals surface area (Å²) in [6.07, 6.45) is 3.06. The third-order valence-corrected chi connectivity index (χ3v) is 5.81. The van der Waals surface area contributed by atoms with Crippen molar-refractivity contribution in [1.82, 2.24) is 4.90 Å². The van der Waals surface area contributed by atoms with Crippen LogP contribution in [0, 0.1) is 11.3 Å². The molecule has 3 fully saturated rings. The van der Waals surface area contributed by atoms with Crippen LogP contribution in [0.25, 0.3) is 0 Å². The van der Waals surface area contributed by atoms with Gasteiger partial charge in [0.1, 0.15) is 0 Å². The highest BCUT2D eigenvalue weighted by Gasteiger charge is 2.41. The maximum atomic E-state index is 12.9. The van der Waals surface area contributed by atoms with Crippen LogP contribution in [0.4, 0.5) is 5.69 Å². The predicted octanol–water partition coefficient (Wildman–Crippen LogP) is 2.17. The molecule has 4 rings (SSSR count). The van der Waals surface area contributed by atoms with Crippen LogP contribution in [0.5, 0.6) is 0 Å². The lowest BCUT2D eigenvalue weighted by molar-refractivity contribution is -0.139. The minimum absolute atomic E-state index is 0.0414. The van der Waals surface area contributed by atoms with Gasteiger partial charge in [-0.3, -0.25) is 4.79 Å². The highest BCUT2D eigenvalue weighted by atomic mass is 16.5. The Morgan fingerprint density at radius 2 is 1.96 bits per heavy atom. The predicted molar refractivity (Wildman–Crippen MR) is 96.6 cm³/mol. The Morgan fingerprint density at radius 1 is 1.08 bits per heavy atom. The monoisotopic (exact) mass is 344 g/mol. The highest BCUT2D eigenvalue weighted by Crippen LogP contribution is 2.35. The Labute approximate surface area is 149 Å². The Hall–Kier alpha value is -1.59. The summed E-state index contributed by atoms with van der Waals surface area (Å²) in [7, 11) is 0. The van der Waals surface area contributed by atoms with Crippen LogP contribution in [0.1, 0.15) is 19.3 Å². The third kappa shape index (κ3) is 3.67. The van der Waals surface area contributed by atoms with Crippen molar-refractivity contribution in [3.63, 3.8) is 0 Å². The first kappa shape index (κ1) is 16.9. The van der Waals surface area contributed by atoms with Gasteiger partial charge in [-0.05, 0) is 31.4 Å². The van der Waals surface area contributed by atoms with Crippen LogP contribution >= 0.6 is 0 Å². The third-order valence-electron chi connectivity index (χ3n) is 5.81. The fraction of sp³-hybridized carbons (Fsp3) is 0.650. The van der Waals surface area contributed by atoms with E-state index in [1.54, 1.807) is 0 Å². The summed E-state index contributed by atoms with van der Waals surface area (Å²) in [6.45, 7) is 6.38. The van der Waals surface area contributed by atoms with Crippen LogP contribution < -0.4 is 4.90 Å². The van der Waals surface area contributed by atoms with Gasteiger partial charge in [0.25, 0.3) is 0 Å². The largest absolute Gasteiger partial charge is 0.381 e. The first-order valence-corrected chi connectivity index (χ1v) is 9.50. The van der Waals surface area contributed by atoms with Gasteiger partial charge in [0, 0.05) is 43.9 Å².